The molecule has 1 unspecified atom stereocenters. The van der Waals surface area contributed by atoms with Gasteiger partial charge in [0.05, 0.1) is 17.8 Å². The van der Waals surface area contributed by atoms with Gasteiger partial charge in [0.1, 0.15) is 23.5 Å². The first-order valence-corrected chi connectivity index (χ1v) is 13.2. The van der Waals surface area contributed by atoms with E-state index in [0.717, 1.165) is 36.0 Å². The molecule has 0 saturated carbocycles. The topological polar surface area (TPSA) is 90.0 Å². The highest BCUT2D eigenvalue weighted by atomic mass is 35.5. The van der Waals surface area contributed by atoms with Crippen molar-refractivity contribution in [2.45, 2.75) is 42.8 Å². The average molecular weight is 578 g/mol. The number of thioether (sulfide) groups is 1. The van der Waals surface area contributed by atoms with Crippen LogP contribution in [0.2, 0.25) is 5.02 Å². The molecule has 0 aliphatic heterocycles. The van der Waals surface area contributed by atoms with Gasteiger partial charge in [0.15, 0.2) is 0 Å². The highest BCUT2D eigenvalue weighted by molar-refractivity contribution is 8.00. The molecule has 0 saturated heterocycles. The largest absolute Gasteiger partial charge is 0.468 e. The number of imide groups is 1. The molecule has 2 aromatic rings. The van der Waals surface area contributed by atoms with Gasteiger partial charge in [0, 0.05) is 21.6 Å². The normalized spacial score (nSPS) is 13.9. The van der Waals surface area contributed by atoms with Gasteiger partial charge >= 0.3 is 11.9 Å². The molecule has 0 heterocycles. The summed E-state index contributed by atoms with van der Waals surface area (Å²) in [6, 6.07) is 6.67. The Kier molecular flexibility index (Phi) is 10.4. The van der Waals surface area contributed by atoms with Crippen LogP contribution in [0, 0.1) is 11.6 Å². The van der Waals surface area contributed by atoms with Crippen LogP contribution >= 0.6 is 23.4 Å². The van der Waals surface area contributed by atoms with Crippen LogP contribution in [0.15, 0.2) is 65.1 Å². The van der Waals surface area contributed by atoms with E-state index in [4.69, 9.17) is 21.1 Å². The maximum Gasteiger partial charge on any atom is 0.334 e. The molecule has 206 valence electrons. The van der Waals surface area contributed by atoms with Crippen LogP contribution in [0.5, 0.6) is 0 Å². The second-order valence-electron chi connectivity index (χ2n) is 8.52. The van der Waals surface area contributed by atoms with E-state index in [1.165, 1.54) is 25.3 Å². The standard InChI is InChI=1S/C28H26ClF2NO6S/c1-4-12-38-28(36)20-11-6-5-10-19(20)26(34)32(25(33)17-8-7-9-18(30)13-17)23-15-24(21(29)14-22(23)31)39-16(2)27(35)37-3/h4,7-9,13-16H,1,5-6,10-12H2,2-3H3. The highest BCUT2D eigenvalue weighted by Crippen LogP contribution is 2.38. The lowest BCUT2D eigenvalue weighted by Crippen LogP contribution is -2.40. The van der Waals surface area contributed by atoms with E-state index in [0.29, 0.717) is 17.7 Å². The first kappa shape index (κ1) is 30.0. The molecule has 0 bridgehead atoms. The number of benzene rings is 2. The van der Waals surface area contributed by atoms with Crippen LogP contribution in [-0.4, -0.2) is 42.7 Å². The van der Waals surface area contributed by atoms with Gasteiger partial charge in [0.25, 0.3) is 11.8 Å². The molecule has 0 radical (unpaired) electrons. The Balaban J connectivity index is 2.18. The van der Waals surface area contributed by atoms with E-state index >= 15 is 4.39 Å². The number of nitrogens with zero attached hydrogens (tertiary/aromatic N) is 1. The van der Waals surface area contributed by atoms with Crippen molar-refractivity contribution in [3.05, 3.63) is 82.4 Å². The molecule has 7 nitrogen and oxygen atoms in total. The third-order valence-corrected chi connectivity index (χ3v) is 7.42. The fourth-order valence-electron chi connectivity index (χ4n) is 3.97. The van der Waals surface area contributed by atoms with Gasteiger partial charge in [-0.3, -0.25) is 14.4 Å². The average Bonchev–Trinajstić information content (AvgIpc) is 2.93. The highest BCUT2D eigenvalue weighted by Gasteiger charge is 2.34. The van der Waals surface area contributed by atoms with Crippen molar-refractivity contribution in [2.75, 3.05) is 18.6 Å². The Morgan fingerprint density at radius 2 is 1.79 bits per heavy atom. The Morgan fingerprint density at radius 1 is 1.10 bits per heavy atom. The summed E-state index contributed by atoms with van der Waals surface area (Å²) in [7, 11) is 1.21. The van der Waals surface area contributed by atoms with Crippen molar-refractivity contribution in [3.63, 3.8) is 0 Å². The van der Waals surface area contributed by atoms with Gasteiger partial charge in [-0.05, 0) is 62.9 Å². The lowest BCUT2D eigenvalue weighted by molar-refractivity contribution is -0.140. The van der Waals surface area contributed by atoms with Crippen LogP contribution in [0.1, 0.15) is 43.0 Å². The third-order valence-electron chi connectivity index (χ3n) is 5.86. The zero-order chi connectivity index (χ0) is 28.7. The Morgan fingerprint density at radius 3 is 2.44 bits per heavy atom. The maximum absolute atomic E-state index is 15.4. The molecule has 1 atom stereocenters. The number of anilines is 1. The number of esters is 2. The van der Waals surface area contributed by atoms with Crippen molar-refractivity contribution in [1.82, 2.24) is 0 Å². The minimum atomic E-state index is -1.02. The number of halogens is 3. The monoisotopic (exact) mass is 577 g/mol. The summed E-state index contributed by atoms with van der Waals surface area (Å²) in [5.41, 5.74) is -0.628. The van der Waals surface area contributed by atoms with E-state index < -0.39 is 46.3 Å². The van der Waals surface area contributed by atoms with Crippen LogP contribution in [-0.2, 0) is 23.9 Å². The van der Waals surface area contributed by atoms with Crippen LogP contribution in [0.25, 0.3) is 0 Å². The molecule has 0 N–H and O–H groups in total. The van der Waals surface area contributed by atoms with Gasteiger partial charge in [-0.2, -0.15) is 0 Å². The molecular formula is C28H26ClF2NO6S. The summed E-state index contributed by atoms with van der Waals surface area (Å²) in [5.74, 6) is -5.03. The molecule has 3 rings (SSSR count). The fourth-order valence-corrected chi connectivity index (χ4v) is 5.18. The number of hydrogen-bond donors (Lipinski definition) is 0. The smallest absolute Gasteiger partial charge is 0.334 e. The number of carbonyl (C=O) groups excluding carboxylic acids is 4. The van der Waals surface area contributed by atoms with Gasteiger partial charge in [-0.25, -0.2) is 18.5 Å². The minimum Gasteiger partial charge on any atom is -0.468 e. The molecule has 11 heteroatoms. The first-order valence-electron chi connectivity index (χ1n) is 12.0. The van der Waals surface area contributed by atoms with Crippen LogP contribution < -0.4 is 4.90 Å². The quantitative estimate of drug-likeness (QED) is 0.155. The van der Waals surface area contributed by atoms with Gasteiger partial charge in [-0.1, -0.05) is 30.3 Å². The zero-order valence-electron chi connectivity index (χ0n) is 21.3. The fraction of sp³-hybridized carbons (Fsp3) is 0.286. The van der Waals surface area contributed by atoms with E-state index in [2.05, 4.69) is 6.58 Å². The second-order valence-corrected chi connectivity index (χ2v) is 10.3. The number of ether oxygens (including phenoxy) is 2. The summed E-state index contributed by atoms with van der Waals surface area (Å²) >= 11 is 7.16. The van der Waals surface area contributed by atoms with Gasteiger partial charge < -0.3 is 9.47 Å². The lowest BCUT2D eigenvalue weighted by Gasteiger charge is -2.27. The summed E-state index contributed by atoms with van der Waals surface area (Å²) in [4.78, 5) is 53.1. The van der Waals surface area contributed by atoms with E-state index in [1.807, 2.05) is 0 Å². The van der Waals surface area contributed by atoms with Gasteiger partial charge in [0.2, 0.25) is 0 Å². The maximum atomic E-state index is 15.4. The summed E-state index contributed by atoms with van der Waals surface area (Å²) < 4.78 is 39.3. The SMILES string of the molecule is C=CCOC(=O)C1=C(C(=O)N(C(=O)c2cccc(F)c2)c2cc(SC(C)C(=O)OC)c(Cl)cc2F)CCCC1. The van der Waals surface area contributed by atoms with Crippen molar-refractivity contribution < 1.29 is 37.4 Å². The molecule has 2 aromatic carbocycles. The first-order chi connectivity index (χ1) is 18.6. The molecule has 1 aliphatic carbocycles. The van der Waals surface area contributed by atoms with E-state index in [-0.39, 0.29) is 46.1 Å². The molecule has 1 aliphatic rings. The lowest BCUT2D eigenvalue weighted by atomic mass is 9.90. The number of methoxy groups -OCH3 is 1. The predicted octanol–water partition coefficient (Wildman–Crippen LogP) is 6.05. The van der Waals surface area contributed by atoms with Crippen LogP contribution in [0.3, 0.4) is 0 Å². The second kappa shape index (κ2) is 13.5. The number of rotatable bonds is 9. The van der Waals surface area contributed by atoms with Crippen LogP contribution in [0.4, 0.5) is 14.5 Å². The Labute approximate surface area is 233 Å². The summed E-state index contributed by atoms with van der Waals surface area (Å²) in [6.07, 6.45) is 2.89. The van der Waals surface area contributed by atoms with Gasteiger partial charge in [-0.15, -0.1) is 11.8 Å². The summed E-state index contributed by atoms with van der Waals surface area (Å²) in [5, 5.41) is -0.811. The number of hydrogen-bond acceptors (Lipinski definition) is 7. The van der Waals surface area contributed by atoms with Crippen molar-refractivity contribution in [2.24, 2.45) is 0 Å². The molecular weight excluding hydrogens is 552 g/mol. The van der Waals surface area contributed by atoms with Crippen molar-refractivity contribution in [1.29, 1.82) is 0 Å². The molecule has 0 fully saturated rings. The molecule has 2 amide bonds. The van der Waals surface area contributed by atoms with E-state index in [1.54, 1.807) is 6.92 Å². The molecule has 39 heavy (non-hydrogen) atoms. The Hall–Kier alpha value is -3.50. The Bertz CT molecular complexity index is 1350. The molecule has 0 aromatic heterocycles. The summed E-state index contributed by atoms with van der Waals surface area (Å²) in [6.45, 7) is 4.96. The minimum absolute atomic E-state index is 0.00783. The van der Waals surface area contributed by atoms with Crippen molar-refractivity contribution >= 4 is 52.8 Å². The van der Waals surface area contributed by atoms with E-state index in [9.17, 15) is 23.6 Å². The number of amides is 2. The zero-order valence-corrected chi connectivity index (χ0v) is 22.9. The molecule has 0 spiro atoms. The predicted molar refractivity (Wildman–Crippen MR) is 144 cm³/mol. The van der Waals surface area contributed by atoms with Crippen molar-refractivity contribution in [3.8, 4) is 0 Å². The number of carbonyl (C=O) groups is 4. The third kappa shape index (κ3) is 7.13.